The molecule has 3 heterocycles. The van der Waals surface area contributed by atoms with Crippen LogP contribution >= 0.6 is 0 Å². The number of aromatic nitrogens is 3. The predicted octanol–water partition coefficient (Wildman–Crippen LogP) is 1.95. The predicted molar refractivity (Wildman–Crippen MR) is 95.7 cm³/mol. The third kappa shape index (κ3) is 3.20. The van der Waals surface area contributed by atoms with Crippen LogP contribution in [-0.2, 0) is 9.57 Å². The lowest BCUT2D eigenvalue weighted by atomic mass is 10.1. The van der Waals surface area contributed by atoms with Gasteiger partial charge in [0.25, 0.3) is 0 Å². The molecule has 2 atom stereocenters. The third-order valence-electron chi connectivity index (χ3n) is 4.60. The van der Waals surface area contributed by atoms with Gasteiger partial charge in [0.2, 0.25) is 0 Å². The molecule has 1 aromatic carbocycles. The Morgan fingerprint density at radius 2 is 2.11 bits per heavy atom. The van der Waals surface area contributed by atoms with Crippen molar-refractivity contribution in [2.45, 2.75) is 25.2 Å². The summed E-state index contributed by atoms with van der Waals surface area (Å²) in [5.74, 6) is -0.616. The molecule has 1 saturated heterocycles. The lowest BCUT2D eigenvalue weighted by Gasteiger charge is -2.15. The van der Waals surface area contributed by atoms with Crippen molar-refractivity contribution in [2.75, 3.05) is 19.2 Å². The van der Waals surface area contributed by atoms with E-state index in [1.807, 2.05) is 0 Å². The van der Waals surface area contributed by atoms with Crippen molar-refractivity contribution in [1.82, 2.24) is 14.0 Å². The van der Waals surface area contributed by atoms with Gasteiger partial charge in [0, 0.05) is 11.8 Å². The first-order valence-electron chi connectivity index (χ1n) is 8.56. The number of fused-ring (bicyclic) bond motifs is 1. The topological polar surface area (TPSA) is 90.0 Å². The molecule has 4 rings (SSSR count). The maximum absolute atomic E-state index is 14.6. The summed E-state index contributed by atoms with van der Waals surface area (Å²) in [5, 5.41) is 9.19. The summed E-state index contributed by atoms with van der Waals surface area (Å²) < 4.78 is 22.6. The second kappa shape index (κ2) is 7.10. The number of rotatable bonds is 5. The Balaban J connectivity index is 1.73. The number of hydrogen-bond acceptors (Lipinski definition) is 6. The molecule has 27 heavy (non-hydrogen) atoms. The molecule has 0 bridgehead atoms. The van der Waals surface area contributed by atoms with Crippen LogP contribution < -0.4 is 11.2 Å². The fraction of sp³-hybridized carbons (Fsp3) is 0.333. The van der Waals surface area contributed by atoms with Crippen LogP contribution in [0.2, 0.25) is 0 Å². The van der Waals surface area contributed by atoms with E-state index in [2.05, 4.69) is 10.5 Å². The summed E-state index contributed by atoms with van der Waals surface area (Å²) in [4.78, 5) is 21.9. The van der Waals surface area contributed by atoms with Gasteiger partial charge in [-0.3, -0.25) is 14.9 Å². The summed E-state index contributed by atoms with van der Waals surface area (Å²) in [6.45, 7) is -0.126. The van der Waals surface area contributed by atoms with Crippen molar-refractivity contribution in [3.05, 3.63) is 53.0 Å². The zero-order valence-electron chi connectivity index (χ0n) is 14.6. The van der Waals surface area contributed by atoms with Crippen LogP contribution in [0, 0.1) is 5.82 Å². The standard InChI is InChI=1S/C18H19FN4O4/c1-26-21-12-4-2-11(3-5-12)15-9-23-17(20-15)14(19)8-22(18(23)25)16-7-6-13(10-24)27-16/h2-5,8-9,13,16,21,24H,6-7,10H2,1H3/t13-,16+/m1/s1. The number of nitrogens with zero attached hydrogens (tertiary/aromatic N) is 3. The van der Waals surface area contributed by atoms with Gasteiger partial charge in [0.05, 0.1) is 37.4 Å². The van der Waals surface area contributed by atoms with Crippen LogP contribution in [0.3, 0.4) is 0 Å². The highest BCUT2D eigenvalue weighted by molar-refractivity contribution is 5.65. The number of aliphatic hydroxyl groups excluding tert-OH is 1. The first kappa shape index (κ1) is 17.7. The summed E-state index contributed by atoms with van der Waals surface area (Å²) >= 11 is 0. The van der Waals surface area contributed by atoms with Crippen LogP contribution in [-0.4, -0.2) is 38.9 Å². The second-order valence-corrected chi connectivity index (χ2v) is 6.34. The maximum atomic E-state index is 14.6. The fourth-order valence-electron chi connectivity index (χ4n) is 3.25. The molecular weight excluding hydrogens is 355 g/mol. The Morgan fingerprint density at radius 3 is 2.78 bits per heavy atom. The molecule has 0 unspecified atom stereocenters. The van der Waals surface area contributed by atoms with Gasteiger partial charge < -0.3 is 9.84 Å². The van der Waals surface area contributed by atoms with Crippen molar-refractivity contribution in [2.24, 2.45) is 0 Å². The number of nitrogens with one attached hydrogen (secondary N) is 1. The molecule has 0 aliphatic carbocycles. The minimum atomic E-state index is -0.616. The lowest BCUT2D eigenvalue weighted by Crippen LogP contribution is -2.30. The molecule has 8 nitrogen and oxygen atoms in total. The average molecular weight is 374 g/mol. The van der Waals surface area contributed by atoms with Crippen molar-refractivity contribution >= 4 is 11.3 Å². The Kier molecular flexibility index (Phi) is 4.65. The van der Waals surface area contributed by atoms with E-state index in [9.17, 15) is 14.3 Å². The number of ether oxygens (including phenoxy) is 1. The first-order chi connectivity index (χ1) is 13.1. The average Bonchev–Trinajstić information content (AvgIpc) is 3.33. The van der Waals surface area contributed by atoms with E-state index in [-0.39, 0.29) is 18.4 Å². The maximum Gasteiger partial charge on any atom is 0.336 e. The number of aliphatic hydroxyl groups is 1. The summed E-state index contributed by atoms with van der Waals surface area (Å²) in [6, 6.07) is 7.18. The van der Waals surface area contributed by atoms with Crippen LogP contribution in [0.1, 0.15) is 19.1 Å². The van der Waals surface area contributed by atoms with Crippen molar-refractivity contribution in [3.63, 3.8) is 0 Å². The third-order valence-corrected chi connectivity index (χ3v) is 4.60. The molecule has 3 aromatic rings. The molecule has 2 N–H and O–H groups in total. The Bertz CT molecular complexity index is 1010. The molecule has 0 spiro atoms. The van der Waals surface area contributed by atoms with Crippen molar-refractivity contribution in [3.8, 4) is 11.3 Å². The summed E-state index contributed by atoms with van der Waals surface area (Å²) in [6.07, 6.45) is 2.84. The van der Waals surface area contributed by atoms with E-state index in [1.54, 1.807) is 24.3 Å². The molecule has 142 valence electrons. The van der Waals surface area contributed by atoms with Gasteiger partial charge in [-0.05, 0) is 25.0 Å². The van der Waals surface area contributed by atoms with E-state index < -0.39 is 17.7 Å². The fourth-order valence-corrected chi connectivity index (χ4v) is 3.25. The highest BCUT2D eigenvalue weighted by atomic mass is 19.1. The van der Waals surface area contributed by atoms with Gasteiger partial charge >= 0.3 is 5.69 Å². The smallest absolute Gasteiger partial charge is 0.336 e. The zero-order valence-corrected chi connectivity index (χ0v) is 14.6. The van der Waals surface area contributed by atoms with E-state index in [0.717, 1.165) is 17.4 Å². The lowest BCUT2D eigenvalue weighted by molar-refractivity contribution is -0.0251. The van der Waals surface area contributed by atoms with Gasteiger partial charge in [0.1, 0.15) is 6.23 Å². The van der Waals surface area contributed by atoms with Crippen LogP contribution in [0.15, 0.2) is 41.5 Å². The van der Waals surface area contributed by atoms with E-state index >= 15 is 0 Å². The van der Waals surface area contributed by atoms with E-state index in [1.165, 1.54) is 22.3 Å². The minimum absolute atomic E-state index is 0.0398. The van der Waals surface area contributed by atoms with Gasteiger partial charge in [-0.25, -0.2) is 18.6 Å². The molecule has 9 heteroatoms. The van der Waals surface area contributed by atoms with Crippen LogP contribution in [0.4, 0.5) is 10.1 Å². The first-order valence-corrected chi connectivity index (χ1v) is 8.56. The van der Waals surface area contributed by atoms with Crippen LogP contribution in [0.5, 0.6) is 0 Å². The number of hydrogen-bond donors (Lipinski definition) is 2. The summed E-state index contributed by atoms with van der Waals surface area (Å²) in [5.41, 5.74) is 4.21. The molecule has 2 aromatic heterocycles. The molecule has 1 aliphatic rings. The van der Waals surface area contributed by atoms with Crippen LogP contribution in [0.25, 0.3) is 16.9 Å². The Morgan fingerprint density at radius 1 is 1.33 bits per heavy atom. The quantitative estimate of drug-likeness (QED) is 0.664. The second-order valence-electron chi connectivity index (χ2n) is 6.34. The highest BCUT2D eigenvalue weighted by Gasteiger charge is 2.28. The van der Waals surface area contributed by atoms with Crippen molar-refractivity contribution < 1.29 is 19.1 Å². The van der Waals surface area contributed by atoms with Gasteiger partial charge in [-0.1, -0.05) is 12.1 Å². The number of benzene rings is 1. The van der Waals surface area contributed by atoms with Gasteiger partial charge in [-0.2, -0.15) is 0 Å². The number of anilines is 1. The molecule has 0 saturated carbocycles. The van der Waals surface area contributed by atoms with E-state index in [0.29, 0.717) is 18.5 Å². The van der Waals surface area contributed by atoms with Gasteiger partial charge in [0.15, 0.2) is 11.5 Å². The Hall–Kier alpha value is -2.75. The number of imidazole rings is 1. The minimum Gasteiger partial charge on any atom is -0.394 e. The highest BCUT2D eigenvalue weighted by Crippen LogP contribution is 2.28. The molecular formula is C18H19FN4O4. The Labute approximate surface area is 153 Å². The largest absolute Gasteiger partial charge is 0.394 e. The van der Waals surface area contributed by atoms with Crippen molar-refractivity contribution in [1.29, 1.82) is 0 Å². The SMILES string of the molecule is CONc1ccc(-c2cn3c(=O)n([C@@H]4CC[C@H](CO)O4)cc(F)c3n2)cc1. The molecule has 0 radical (unpaired) electrons. The normalized spacial score (nSPS) is 19.7. The number of halogens is 1. The van der Waals surface area contributed by atoms with Gasteiger partial charge in [-0.15, -0.1) is 0 Å². The molecule has 1 aliphatic heterocycles. The zero-order chi connectivity index (χ0) is 19.0. The summed E-state index contributed by atoms with van der Waals surface area (Å²) in [7, 11) is 1.51. The molecule has 0 amide bonds. The molecule has 1 fully saturated rings. The van der Waals surface area contributed by atoms with E-state index in [4.69, 9.17) is 9.57 Å². The monoisotopic (exact) mass is 374 g/mol.